The molecule has 4 aliphatic carbocycles. The van der Waals surface area contributed by atoms with E-state index in [2.05, 4.69) is 234 Å². The highest BCUT2D eigenvalue weighted by atomic mass is 31.2. The zero-order chi connectivity index (χ0) is 45.1. The summed E-state index contributed by atoms with van der Waals surface area (Å²) in [5.74, 6) is 0. The maximum absolute atomic E-state index is 17.5. The lowest BCUT2D eigenvalue weighted by Crippen LogP contribution is -2.41. The Balaban J connectivity index is 1.03. The van der Waals surface area contributed by atoms with E-state index in [0.717, 1.165) is 21.4 Å². The maximum Gasteiger partial charge on any atom is 0.494 e. The summed E-state index contributed by atoms with van der Waals surface area (Å²) in [5.41, 5.74) is 18.4. The molecule has 9 aromatic rings. The van der Waals surface area contributed by atoms with Gasteiger partial charge in [-0.25, -0.2) is 0 Å². The fraction of sp³-hybridized carbons (Fsp3) is 0.129. The van der Waals surface area contributed by atoms with Gasteiger partial charge in [-0.05, 0) is 134 Å². The van der Waals surface area contributed by atoms with E-state index in [1.165, 1.54) is 89.0 Å². The molecule has 1 heterocycles. The highest BCUT2D eigenvalue weighted by Gasteiger charge is 2.55. The van der Waals surface area contributed by atoms with Gasteiger partial charge in [-0.3, -0.25) is 0 Å². The van der Waals surface area contributed by atoms with Crippen molar-refractivity contribution in [3.8, 4) is 44.5 Å². The first kappa shape index (κ1) is 39.4. The number of rotatable bonds is 4. The predicted octanol–water partition coefficient (Wildman–Crippen LogP) is 12.3. The van der Waals surface area contributed by atoms with Crippen LogP contribution in [0.4, 0.5) is 0 Å². The maximum atomic E-state index is 17.5. The summed E-state index contributed by atoms with van der Waals surface area (Å²) >= 11 is 0. The molecule has 0 unspecified atom stereocenters. The minimum Gasteiger partial charge on any atom is -0.399 e. The normalized spacial score (nSPS) is 17.3. The quantitative estimate of drug-likeness (QED) is 0.130. The summed E-state index contributed by atoms with van der Waals surface area (Å²) in [6, 6.07) is 75.0. The Hall–Kier alpha value is -6.81. The van der Waals surface area contributed by atoms with Gasteiger partial charge >= 0.3 is 7.12 Å². The molecule has 0 bridgehead atoms. The van der Waals surface area contributed by atoms with E-state index < -0.39 is 36.3 Å². The molecule has 2 spiro atoms. The first-order valence-electron chi connectivity index (χ1n) is 23.5. The second-order valence-electron chi connectivity index (χ2n) is 20.0. The summed E-state index contributed by atoms with van der Waals surface area (Å²) in [7, 11) is -4.21. The van der Waals surface area contributed by atoms with Gasteiger partial charge in [0.2, 0.25) is 0 Å². The van der Waals surface area contributed by atoms with Crippen LogP contribution in [0.1, 0.15) is 72.2 Å². The molecule has 3 nitrogen and oxygen atoms in total. The largest absolute Gasteiger partial charge is 0.494 e. The summed E-state index contributed by atoms with van der Waals surface area (Å²) < 4.78 is 30.6. The molecule has 9 aromatic carbocycles. The van der Waals surface area contributed by atoms with Crippen molar-refractivity contribution in [2.45, 2.75) is 49.7 Å². The van der Waals surface area contributed by atoms with E-state index in [0.29, 0.717) is 0 Å². The molecule has 1 aliphatic heterocycles. The van der Waals surface area contributed by atoms with Crippen LogP contribution < -0.4 is 21.4 Å². The van der Waals surface area contributed by atoms with Crippen molar-refractivity contribution < 1.29 is 13.9 Å². The number of hydrogen-bond donors (Lipinski definition) is 0. The third-order valence-electron chi connectivity index (χ3n) is 16.5. The van der Waals surface area contributed by atoms with Gasteiger partial charge in [0.05, 0.1) is 22.0 Å². The lowest BCUT2D eigenvalue weighted by molar-refractivity contribution is 0.00578. The van der Waals surface area contributed by atoms with Crippen molar-refractivity contribution in [1.29, 1.82) is 0 Å². The fourth-order valence-corrected chi connectivity index (χ4v) is 15.5. The van der Waals surface area contributed by atoms with Crippen molar-refractivity contribution in [3.63, 3.8) is 0 Å². The zero-order valence-corrected chi connectivity index (χ0v) is 38.8. The Labute approximate surface area is 392 Å². The second-order valence-corrected chi connectivity index (χ2v) is 22.8. The van der Waals surface area contributed by atoms with Crippen molar-refractivity contribution >= 4 is 35.6 Å². The van der Waals surface area contributed by atoms with Crippen LogP contribution in [-0.4, -0.2) is 18.3 Å². The number of fused-ring (bicyclic) bond motifs is 20. The van der Waals surface area contributed by atoms with Gasteiger partial charge in [-0.1, -0.05) is 194 Å². The lowest BCUT2D eigenvalue weighted by atomic mass is 9.70. The highest BCUT2D eigenvalue weighted by molar-refractivity contribution is 7.85. The fourth-order valence-electron chi connectivity index (χ4n) is 12.8. The van der Waals surface area contributed by atoms with Gasteiger partial charge in [0, 0.05) is 15.9 Å². The van der Waals surface area contributed by atoms with Gasteiger partial charge < -0.3 is 13.9 Å². The van der Waals surface area contributed by atoms with Gasteiger partial charge in [-0.2, -0.15) is 0 Å². The minimum absolute atomic E-state index is 0.490. The van der Waals surface area contributed by atoms with Crippen molar-refractivity contribution in [2.24, 2.45) is 0 Å². The van der Waals surface area contributed by atoms with Gasteiger partial charge in [-0.15, -0.1) is 0 Å². The number of benzene rings is 9. The Morgan fingerprint density at radius 3 is 0.910 bits per heavy atom. The monoisotopic (exact) mass is 880 g/mol. The molecule has 5 aliphatic rings. The molecule has 1 saturated heterocycles. The SMILES string of the molecule is CC1(C)OB(c2ccc(P(=O)(c3ccc4c(c3)C3(c5ccccc5-c5ccccc53)c3ccccc3-4)c3ccc4c(c3)C3(c5ccccc5-c5ccccc53)c3ccccc3-4)cc2)OC1(C)C. The molecule has 320 valence electrons. The molecule has 0 radical (unpaired) electrons. The average Bonchev–Trinajstić information content (AvgIpc) is 4.09. The second kappa shape index (κ2) is 13.4. The van der Waals surface area contributed by atoms with E-state index in [1.807, 2.05) is 0 Å². The van der Waals surface area contributed by atoms with Crippen LogP contribution in [0.25, 0.3) is 44.5 Å². The van der Waals surface area contributed by atoms with Gasteiger partial charge in [0.1, 0.15) is 0 Å². The van der Waals surface area contributed by atoms with E-state index in [1.54, 1.807) is 0 Å². The molecule has 67 heavy (non-hydrogen) atoms. The average molecular weight is 881 g/mol. The standard InChI is InChI=1S/C62H46BO3P/c1-59(2)60(3,4)66-63(65-59)39-29-31-40(32-30-39)67(64,41-33-35-49-47-21-9-15-27-55(47)61(57(49)37-41)51-23-11-5-17-43(51)44-18-6-12-24-52(44)61)42-34-36-50-48-22-10-16-28-56(48)62(58(50)38-42)53-25-13-7-19-45(53)46-20-8-14-26-54(46)62/h5-38H,1-4H3. The van der Waals surface area contributed by atoms with Crippen LogP contribution in [0.3, 0.4) is 0 Å². The number of hydrogen-bond acceptors (Lipinski definition) is 3. The highest BCUT2D eigenvalue weighted by Crippen LogP contribution is 2.65. The molecule has 0 saturated carbocycles. The zero-order valence-electron chi connectivity index (χ0n) is 37.9. The Kier molecular flexibility index (Phi) is 7.89. The molecular weight excluding hydrogens is 834 g/mol. The lowest BCUT2D eigenvalue weighted by Gasteiger charge is -2.32. The molecule has 0 atom stereocenters. The molecule has 0 N–H and O–H groups in total. The first-order chi connectivity index (χ1) is 32.6. The third kappa shape index (κ3) is 4.83. The van der Waals surface area contributed by atoms with Crippen molar-refractivity contribution in [2.75, 3.05) is 0 Å². The predicted molar refractivity (Wildman–Crippen MR) is 274 cm³/mol. The van der Waals surface area contributed by atoms with Crippen LogP contribution in [0, 0.1) is 0 Å². The summed E-state index contributed by atoms with van der Waals surface area (Å²) in [5, 5.41) is 2.38. The molecule has 1 fully saturated rings. The van der Waals surface area contributed by atoms with E-state index in [-0.39, 0.29) is 0 Å². The first-order valence-corrected chi connectivity index (χ1v) is 25.2. The van der Waals surface area contributed by atoms with Crippen LogP contribution in [0.5, 0.6) is 0 Å². The summed E-state index contributed by atoms with van der Waals surface area (Å²) in [6.07, 6.45) is 0. The summed E-state index contributed by atoms with van der Waals surface area (Å²) in [4.78, 5) is 0. The summed E-state index contributed by atoms with van der Waals surface area (Å²) in [6.45, 7) is 8.32. The molecule has 14 rings (SSSR count). The van der Waals surface area contributed by atoms with Crippen LogP contribution in [0.2, 0.25) is 0 Å². The van der Waals surface area contributed by atoms with Gasteiger partial charge in [0.15, 0.2) is 7.14 Å². The minimum atomic E-state index is -3.67. The third-order valence-corrected chi connectivity index (χ3v) is 19.5. The van der Waals surface area contributed by atoms with Gasteiger partial charge in [0.25, 0.3) is 0 Å². The Bertz CT molecular complexity index is 3320. The van der Waals surface area contributed by atoms with Crippen molar-refractivity contribution in [1.82, 2.24) is 0 Å². The topological polar surface area (TPSA) is 35.5 Å². The van der Waals surface area contributed by atoms with Crippen LogP contribution >= 0.6 is 7.14 Å². The Morgan fingerprint density at radius 1 is 0.328 bits per heavy atom. The van der Waals surface area contributed by atoms with Crippen LogP contribution in [-0.2, 0) is 24.7 Å². The molecule has 5 heteroatoms. The van der Waals surface area contributed by atoms with E-state index >= 15 is 4.57 Å². The van der Waals surface area contributed by atoms with Crippen LogP contribution in [0.15, 0.2) is 206 Å². The molecular formula is C62H46BO3P. The molecule has 0 aromatic heterocycles. The van der Waals surface area contributed by atoms with E-state index in [9.17, 15) is 0 Å². The Morgan fingerprint density at radius 2 is 0.597 bits per heavy atom. The smallest absolute Gasteiger partial charge is 0.399 e. The van der Waals surface area contributed by atoms with Crippen molar-refractivity contribution in [3.05, 3.63) is 251 Å². The molecule has 0 amide bonds. The van der Waals surface area contributed by atoms with E-state index in [4.69, 9.17) is 9.31 Å².